The fourth-order valence-corrected chi connectivity index (χ4v) is 1.43. The summed E-state index contributed by atoms with van der Waals surface area (Å²) >= 11 is 0. The zero-order valence-corrected chi connectivity index (χ0v) is 9.03. The number of aldehydes is 1. The van der Waals surface area contributed by atoms with Crippen molar-refractivity contribution in [3.05, 3.63) is 23.5 Å². The van der Waals surface area contributed by atoms with Crippen molar-refractivity contribution < 1.29 is 18.7 Å². The fourth-order valence-electron chi connectivity index (χ4n) is 1.43. The van der Waals surface area contributed by atoms with Crippen LogP contribution in [0.2, 0.25) is 0 Å². The van der Waals surface area contributed by atoms with E-state index in [-0.39, 0.29) is 17.1 Å². The van der Waals surface area contributed by atoms with E-state index >= 15 is 0 Å². The minimum absolute atomic E-state index is 0.0972. The second-order valence-electron chi connectivity index (χ2n) is 3.91. The van der Waals surface area contributed by atoms with Crippen molar-refractivity contribution in [2.45, 2.75) is 12.8 Å². The number of halogens is 1. The van der Waals surface area contributed by atoms with Crippen molar-refractivity contribution in [3.63, 3.8) is 0 Å². The van der Waals surface area contributed by atoms with Gasteiger partial charge in [0.1, 0.15) is 6.29 Å². The van der Waals surface area contributed by atoms with Gasteiger partial charge in [-0.3, -0.25) is 4.79 Å². The third-order valence-electron chi connectivity index (χ3n) is 2.55. The maximum absolute atomic E-state index is 13.6. The number of rotatable bonds is 5. The zero-order chi connectivity index (χ0) is 11.5. The van der Waals surface area contributed by atoms with Crippen LogP contribution in [0, 0.1) is 11.7 Å². The van der Waals surface area contributed by atoms with Crippen LogP contribution < -0.4 is 9.47 Å². The summed E-state index contributed by atoms with van der Waals surface area (Å²) in [6, 6.07) is 2.62. The summed E-state index contributed by atoms with van der Waals surface area (Å²) in [5, 5.41) is 0. The highest BCUT2D eigenvalue weighted by Crippen LogP contribution is 2.34. The predicted molar refractivity (Wildman–Crippen MR) is 56.6 cm³/mol. The van der Waals surface area contributed by atoms with Gasteiger partial charge in [0.15, 0.2) is 17.3 Å². The lowest BCUT2D eigenvalue weighted by Gasteiger charge is -2.11. The van der Waals surface area contributed by atoms with E-state index < -0.39 is 5.82 Å². The molecule has 1 aromatic rings. The van der Waals surface area contributed by atoms with Gasteiger partial charge in [-0.1, -0.05) is 0 Å². The highest BCUT2D eigenvalue weighted by Gasteiger charge is 2.23. The number of benzene rings is 1. The van der Waals surface area contributed by atoms with E-state index in [0.29, 0.717) is 18.8 Å². The number of methoxy groups -OCH3 is 1. The first-order chi connectivity index (χ1) is 7.74. The fraction of sp³-hybridized carbons (Fsp3) is 0.417. The lowest BCUT2D eigenvalue weighted by molar-refractivity contribution is 0.112. The third-order valence-corrected chi connectivity index (χ3v) is 2.55. The molecular formula is C12H13FO3. The summed E-state index contributed by atoms with van der Waals surface area (Å²) in [4.78, 5) is 10.6. The highest BCUT2D eigenvalue weighted by atomic mass is 19.1. The molecule has 0 heterocycles. The second-order valence-corrected chi connectivity index (χ2v) is 3.91. The van der Waals surface area contributed by atoms with E-state index in [1.165, 1.54) is 13.2 Å². The first-order valence-corrected chi connectivity index (χ1v) is 5.20. The number of carbonyl (C=O) groups excluding carboxylic acids is 1. The SMILES string of the molecule is COc1cc(C=O)cc(F)c1OCC1CC1. The number of hydrogen-bond acceptors (Lipinski definition) is 3. The molecule has 0 saturated heterocycles. The molecule has 2 rings (SSSR count). The van der Waals surface area contributed by atoms with Gasteiger partial charge in [-0.25, -0.2) is 4.39 Å². The molecule has 0 unspecified atom stereocenters. The molecule has 0 amide bonds. The summed E-state index contributed by atoms with van der Waals surface area (Å²) < 4.78 is 24.0. The average molecular weight is 224 g/mol. The Bertz CT molecular complexity index is 399. The topological polar surface area (TPSA) is 35.5 Å². The molecule has 1 aliphatic rings. The smallest absolute Gasteiger partial charge is 0.197 e. The Morgan fingerprint density at radius 1 is 1.50 bits per heavy atom. The van der Waals surface area contributed by atoms with Gasteiger partial charge < -0.3 is 9.47 Å². The zero-order valence-electron chi connectivity index (χ0n) is 9.03. The van der Waals surface area contributed by atoms with Gasteiger partial charge in [0.05, 0.1) is 13.7 Å². The molecular weight excluding hydrogens is 211 g/mol. The van der Waals surface area contributed by atoms with Crippen LogP contribution in [-0.2, 0) is 0 Å². The molecule has 0 aliphatic heterocycles. The van der Waals surface area contributed by atoms with Gasteiger partial charge in [-0.2, -0.15) is 0 Å². The minimum Gasteiger partial charge on any atom is -0.493 e. The first kappa shape index (κ1) is 10.9. The standard InChI is InChI=1S/C12H13FO3/c1-15-11-5-9(6-14)4-10(13)12(11)16-7-8-2-3-8/h4-6,8H,2-3,7H2,1H3. The second kappa shape index (κ2) is 4.51. The van der Waals surface area contributed by atoms with Crippen molar-refractivity contribution in [1.82, 2.24) is 0 Å². The highest BCUT2D eigenvalue weighted by molar-refractivity contribution is 5.76. The monoisotopic (exact) mass is 224 g/mol. The maximum atomic E-state index is 13.6. The van der Waals surface area contributed by atoms with Crippen molar-refractivity contribution in [1.29, 1.82) is 0 Å². The van der Waals surface area contributed by atoms with E-state index in [1.807, 2.05) is 0 Å². The predicted octanol–water partition coefficient (Wildman–Crippen LogP) is 2.44. The Kier molecular flexibility index (Phi) is 3.08. The quantitative estimate of drug-likeness (QED) is 0.720. The number of ether oxygens (including phenoxy) is 2. The number of carbonyl (C=O) groups is 1. The van der Waals surface area contributed by atoms with Crippen LogP contribution in [0.1, 0.15) is 23.2 Å². The Morgan fingerprint density at radius 3 is 2.81 bits per heavy atom. The van der Waals surface area contributed by atoms with E-state index in [9.17, 15) is 9.18 Å². The van der Waals surface area contributed by atoms with Crippen molar-refractivity contribution in [2.24, 2.45) is 5.92 Å². The van der Waals surface area contributed by atoms with E-state index in [4.69, 9.17) is 9.47 Å². The van der Waals surface area contributed by atoms with Crippen LogP contribution in [0.3, 0.4) is 0 Å². The summed E-state index contributed by atoms with van der Waals surface area (Å²) in [7, 11) is 1.42. The Balaban J connectivity index is 2.22. The van der Waals surface area contributed by atoms with Crippen molar-refractivity contribution in [2.75, 3.05) is 13.7 Å². The van der Waals surface area contributed by atoms with Gasteiger partial charge in [-0.05, 0) is 30.9 Å². The van der Waals surface area contributed by atoms with Crippen LogP contribution in [-0.4, -0.2) is 20.0 Å². The summed E-state index contributed by atoms with van der Waals surface area (Å²) in [5.74, 6) is 0.347. The molecule has 1 fully saturated rings. The lowest BCUT2D eigenvalue weighted by atomic mass is 10.2. The van der Waals surface area contributed by atoms with Gasteiger partial charge >= 0.3 is 0 Å². The van der Waals surface area contributed by atoms with Crippen LogP contribution in [0.5, 0.6) is 11.5 Å². The molecule has 0 bridgehead atoms. The van der Waals surface area contributed by atoms with E-state index in [1.54, 1.807) is 0 Å². The van der Waals surface area contributed by atoms with Gasteiger partial charge in [0.2, 0.25) is 0 Å². The molecule has 0 spiro atoms. The Morgan fingerprint density at radius 2 is 2.25 bits per heavy atom. The van der Waals surface area contributed by atoms with E-state index in [2.05, 4.69) is 0 Å². The summed E-state index contributed by atoms with van der Waals surface area (Å²) in [5.41, 5.74) is 0.244. The largest absolute Gasteiger partial charge is 0.493 e. The molecule has 3 nitrogen and oxygen atoms in total. The Hall–Kier alpha value is -1.58. The van der Waals surface area contributed by atoms with Crippen LogP contribution >= 0.6 is 0 Å². The average Bonchev–Trinajstić information content (AvgIpc) is 3.10. The molecule has 16 heavy (non-hydrogen) atoms. The molecule has 1 saturated carbocycles. The number of hydrogen-bond donors (Lipinski definition) is 0. The molecule has 4 heteroatoms. The van der Waals surface area contributed by atoms with Crippen molar-refractivity contribution in [3.8, 4) is 11.5 Å². The van der Waals surface area contributed by atoms with Crippen molar-refractivity contribution >= 4 is 6.29 Å². The van der Waals surface area contributed by atoms with Gasteiger partial charge in [-0.15, -0.1) is 0 Å². The van der Waals surface area contributed by atoms with Crippen LogP contribution in [0.4, 0.5) is 4.39 Å². The summed E-state index contributed by atoms with van der Waals surface area (Å²) in [6.07, 6.45) is 2.85. The third kappa shape index (κ3) is 2.32. The summed E-state index contributed by atoms with van der Waals surface area (Å²) in [6.45, 7) is 0.508. The molecule has 0 atom stereocenters. The molecule has 0 aromatic heterocycles. The van der Waals surface area contributed by atoms with E-state index in [0.717, 1.165) is 18.9 Å². The van der Waals surface area contributed by atoms with Gasteiger partial charge in [0.25, 0.3) is 0 Å². The van der Waals surface area contributed by atoms with Crippen LogP contribution in [0.25, 0.3) is 0 Å². The molecule has 0 N–H and O–H groups in total. The molecule has 1 aliphatic carbocycles. The lowest BCUT2D eigenvalue weighted by Crippen LogP contribution is -2.03. The van der Waals surface area contributed by atoms with Crippen LogP contribution in [0.15, 0.2) is 12.1 Å². The van der Waals surface area contributed by atoms with Gasteiger partial charge in [0, 0.05) is 5.56 Å². The molecule has 1 aromatic carbocycles. The maximum Gasteiger partial charge on any atom is 0.197 e. The minimum atomic E-state index is -0.554. The Labute approximate surface area is 93.2 Å². The normalized spacial score (nSPS) is 14.6. The molecule has 0 radical (unpaired) electrons. The first-order valence-electron chi connectivity index (χ1n) is 5.20. The molecule has 86 valence electrons.